The SMILES string of the molecule is O=[C]CC(Cl)(Cl)CCl. The molecule has 0 saturated carbocycles. The Morgan fingerprint density at radius 2 is 2.00 bits per heavy atom. The molecule has 0 heterocycles. The first-order valence-corrected chi connectivity index (χ1v) is 3.20. The molecule has 0 N–H and O–H groups in total. The molecule has 0 aromatic rings. The van der Waals surface area contributed by atoms with Gasteiger partial charge in [0.2, 0.25) is 6.29 Å². The predicted molar refractivity (Wildman–Crippen MR) is 35.5 cm³/mol. The van der Waals surface area contributed by atoms with Crippen LogP contribution in [0.15, 0.2) is 0 Å². The predicted octanol–water partition coefficient (Wildman–Crippen LogP) is 1.90. The van der Waals surface area contributed by atoms with Gasteiger partial charge < -0.3 is 0 Å². The van der Waals surface area contributed by atoms with Crippen LogP contribution in [-0.4, -0.2) is 16.5 Å². The molecule has 0 amide bonds. The summed E-state index contributed by atoms with van der Waals surface area (Å²) in [6.45, 7) is 0. The zero-order chi connectivity index (χ0) is 6.62. The third kappa shape index (κ3) is 3.53. The van der Waals surface area contributed by atoms with E-state index in [-0.39, 0.29) is 12.3 Å². The first-order chi connectivity index (χ1) is 3.62. The van der Waals surface area contributed by atoms with Gasteiger partial charge in [0.1, 0.15) is 4.33 Å². The van der Waals surface area contributed by atoms with Crippen LogP contribution in [0.3, 0.4) is 0 Å². The van der Waals surface area contributed by atoms with Gasteiger partial charge in [0.15, 0.2) is 0 Å². The van der Waals surface area contributed by atoms with E-state index in [1.807, 2.05) is 0 Å². The fourth-order valence-corrected chi connectivity index (χ4v) is 0.356. The Kier molecular flexibility index (Phi) is 3.78. The highest BCUT2D eigenvalue weighted by Crippen LogP contribution is 2.24. The molecular weight excluding hydrogens is 170 g/mol. The molecule has 1 radical (unpaired) electrons. The number of rotatable bonds is 3. The van der Waals surface area contributed by atoms with E-state index >= 15 is 0 Å². The van der Waals surface area contributed by atoms with Crippen LogP contribution in [0.1, 0.15) is 6.42 Å². The fraction of sp³-hybridized carbons (Fsp3) is 0.750. The Bertz CT molecular complexity index is 81.4. The van der Waals surface area contributed by atoms with Crippen LogP contribution in [0.2, 0.25) is 0 Å². The summed E-state index contributed by atoms with van der Waals surface area (Å²) >= 11 is 16.0. The maximum absolute atomic E-state index is 9.63. The fourth-order valence-electron chi connectivity index (χ4n) is 0.153. The number of carbonyl (C=O) groups excluding carboxylic acids is 1. The van der Waals surface area contributed by atoms with Crippen LogP contribution in [0.25, 0.3) is 0 Å². The summed E-state index contributed by atoms with van der Waals surface area (Å²) in [5.41, 5.74) is 0. The van der Waals surface area contributed by atoms with E-state index in [2.05, 4.69) is 0 Å². The Morgan fingerprint density at radius 3 is 2.12 bits per heavy atom. The topological polar surface area (TPSA) is 17.1 Å². The van der Waals surface area contributed by atoms with Gasteiger partial charge in [-0.25, -0.2) is 0 Å². The van der Waals surface area contributed by atoms with Crippen molar-refractivity contribution in [1.82, 2.24) is 0 Å². The Morgan fingerprint density at radius 1 is 1.50 bits per heavy atom. The van der Waals surface area contributed by atoms with Crippen molar-refractivity contribution in [1.29, 1.82) is 0 Å². The quantitative estimate of drug-likeness (QED) is 0.597. The summed E-state index contributed by atoms with van der Waals surface area (Å²) in [4.78, 5) is 9.63. The van der Waals surface area contributed by atoms with Crippen molar-refractivity contribution < 1.29 is 4.79 Å². The molecular formula is C4H4Cl3O. The van der Waals surface area contributed by atoms with Gasteiger partial charge in [-0.2, -0.15) is 0 Å². The summed E-state index contributed by atoms with van der Waals surface area (Å²) in [7, 11) is 0. The molecule has 0 rings (SSSR count). The molecule has 0 atom stereocenters. The van der Waals surface area contributed by atoms with Crippen LogP contribution >= 0.6 is 34.8 Å². The summed E-state index contributed by atoms with van der Waals surface area (Å²) < 4.78 is -1.12. The Hall–Kier alpha value is 0.540. The second kappa shape index (κ2) is 3.54. The van der Waals surface area contributed by atoms with Crippen molar-refractivity contribution in [2.24, 2.45) is 0 Å². The Balaban J connectivity index is 3.53. The largest absolute Gasteiger partial charge is 0.291 e. The molecule has 0 fully saturated rings. The molecule has 0 aliphatic heterocycles. The van der Waals surface area contributed by atoms with Gasteiger partial charge in [0, 0.05) is 6.42 Å². The normalized spacial score (nSPS) is 11.4. The maximum atomic E-state index is 9.63. The number of hydrogen-bond donors (Lipinski definition) is 0. The second-order valence-corrected chi connectivity index (χ2v) is 3.22. The molecule has 0 aliphatic carbocycles. The van der Waals surface area contributed by atoms with E-state index in [0.717, 1.165) is 0 Å². The van der Waals surface area contributed by atoms with Gasteiger partial charge in [-0.3, -0.25) is 4.79 Å². The molecule has 0 unspecified atom stereocenters. The van der Waals surface area contributed by atoms with E-state index in [0.29, 0.717) is 0 Å². The van der Waals surface area contributed by atoms with Gasteiger partial charge >= 0.3 is 0 Å². The van der Waals surface area contributed by atoms with Crippen molar-refractivity contribution >= 4 is 41.1 Å². The zero-order valence-electron chi connectivity index (χ0n) is 3.96. The van der Waals surface area contributed by atoms with Crippen LogP contribution < -0.4 is 0 Å². The van der Waals surface area contributed by atoms with Crippen molar-refractivity contribution in [3.63, 3.8) is 0 Å². The minimum absolute atomic E-state index is 0.0421. The lowest BCUT2D eigenvalue weighted by atomic mass is 10.3. The summed E-state index contributed by atoms with van der Waals surface area (Å²) in [6.07, 6.45) is 1.52. The van der Waals surface area contributed by atoms with E-state index < -0.39 is 4.33 Å². The highest BCUT2D eigenvalue weighted by Gasteiger charge is 2.21. The smallest absolute Gasteiger partial charge is 0.201 e. The zero-order valence-corrected chi connectivity index (χ0v) is 6.22. The monoisotopic (exact) mass is 173 g/mol. The number of hydrogen-bond acceptors (Lipinski definition) is 1. The van der Waals surface area contributed by atoms with E-state index in [1.165, 1.54) is 0 Å². The van der Waals surface area contributed by atoms with Crippen molar-refractivity contribution in [2.75, 3.05) is 5.88 Å². The first-order valence-electron chi connectivity index (χ1n) is 1.91. The van der Waals surface area contributed by atoms with E-state index in [1.54, 1.807) is 6.29 Å². The van der Waals surface area contributed by atoms with Crippen LogP contribution in [0.4, 0.5) is 0 Å². The van der Waals surface area contributed by atoms with Crippen molar-refractivity contribution in [3.8, 4) is 0 Å². The molecule has 0 spiro atoms. The van der Waals surface area contributed by atoms with Gasteiger partial charge in [-0.15, -0.1) is 11.6 Å². The molecule has 47 valence electrons. The molecule has 1 nitrogen and oxygen atoms in total. The van der Waals surface area contributed by atoms with Crippen LogP contribution in [-0.2, 0) is 4.79 Å². The van der Waals surface area contributed by atoms with Crippen LogP contribution in [0.5, 0.6) is 0 Å². The number of alkyl halides is 3. The molecule has 0 aromatic carbocycles. The third-order valence-electron chi connectivity index (χ3n) is 0.526. The van der Waals surface area contributed by atoms with Crippen molar-refractivity contribution in [2.45, 2.75) is 10.8 Å². The maximum Gasteiger partial charge on any atom is 0.201 e. The van der Waals surface area contributed by atoms with E-state index in [4.69, 9.17) is 34.8 Å². The molecule has 0 saturated heterocycles. The average Bonchev–Trinajstić information content (AvgIpc) is 1.67. The minimum atomic E-state index is -1.12. The summed E-state index contributed by atoms with van der Waals surface area (Å²) in [5, 5.41) is 0. The Labute approximate surface area is 62.9 Å². The third-order valence-corrected chi connectivity index (χ3v) is 1.79. The van der Waals surface area contributed by atoms with Gasteiger partial charge in [-0.1, -0.05) is 23.2 Å². The molecule has 8 heavy (non-hydrogen) atoms. The highest BCUT2D eigenvalue weighted by atomic mass is 35.5. The molecule has 0 aliphatic rings. The lowest BCUT2D eigenvalue weighted by Gasteiger charge is -2.09. The van der Waals surface area contributed by atoms with Gasteiger partial charge in [-0.05, 0) is 0 Å². The van der Waals surface area contributed by atoms with Gasteiger partial charge in [0.05, 0.1) is 5.88 Å². The average molecular weight is 174 g/mol. The second-order valence-electron chi connectivity index (χ2n) is 1.31. The summed E-state index contributed by atoms with van der Waals surface area (Å²) in [6, 6.07) is 0. The van der Waals surface area contributed by atoms with E-state index in [9.17, 15) is 4.79 Å². The lowest BCUT2D eigenvalue weighted by molar-refractivity contribution is 0.549. The van der Waals surface area contributed by atoms with Gasteiger partial charge in [0.25, 0.3) is 0 Å². The molecule has 4 heteroatoms. The molecule has 0 bridgehead atoms. The first kappa shape index (κ1) is 8.54. The lowest BCUT2D eigenvalue weighted by Crippen LogP contribution is -2.14. The van der Waals surface area contributed by atoms with Crippen molar-refractivity contribution in [3.05, 3.63) is 0 Å². The van der Waals surface area contributed by atoms with Crippen LogP contribution in [0, 0.1) is 0 Å². The minimum Gasteiger partial charge on any atom is -0.291 e. The molecule has 0 aromatic heterocycles. The standard InChI is InChI=1S/C4H4Cl3O/c5-3-4(6,7)1-2-8/h1,3H2. The summed E-state index contributed by atoms with van der Waals surface area (Å²) in [5.74, 6) is 0.0470. The highest BCUT2D eigenvalue weighted by molar-refractivity contribution is 6.52. The number of halogens is 3.